The highest BCUT2D eigenvalue weighted by molar-refractivity contribution is 7.89. The topological polar surface area (TPSA) is 76.0 Å². The number of nitrogens with one attached hydrogen (secondary N) is 2. The van der Waals surface area contributed by atoms with E-state index in [9.17, 15) is 8.42 Å². The minimum Gasteiger partial charge on any atom is -0.339 e. The van der Waals surface area contributed by atoms with Crippen LogP contribution in [-0.2, 0) is 17.1 Å². The van der Waals surface area contributed by atoms with Crippen LogP contribution in [0.1, 0.15) is 13.3 Å². The van der Waals surface area contributed by atoms with E-state index < -0.39 is 10.0 Å². The average Bonchev–Trinajstić information content (AvgIpc) is 2.76. The van der Waals surface area contributed by atoms with Crippen LogP contribution in [0.4, 0.5) is 0 Å². The Morgan fingerprint density at radius 3 is 3.00 bits per heavy atom. The number of piperidine rings is 1. The lowest BCUT2D eigenvalue weighted by Gasteiger charge is -2.29. The summed E-state index contributed by atoms with van der Waals surface area (Å²) < 4.78 is 28.2. The molecule has 0 bridgehead atoms. The van der Waals surface area contributed by atoms with Crippen molar-refractivity contribution in [3.8, 4) is 0 Å². The molecular formula is C11H20N4O2S. The summed E-state index contributed by atoms with van der Waals surface area (Å²) in [6.45, 7) is 4.52. The normalized spacial score (nSPS) is 25.2. The van der Waals surface area contributed by atoms with Crippen molar-refractivity contribution in [2.45, 2.75) is 18.4 Å². The molecule has 1 saturated heterocycles. The van der Waals surface area contributed by atoms with Gasteiger partial charge in [0.25, 0.3) is 10.0 Å². The molecule has 2 heterocycles. The molecule has 1 aromatic heterocycles. The van der Waals surface area contributed by atoms with E-state index in [1.54, 1.807) is 11.6 Å². The van der Waals surface area contributed by atoms with Crippen LogP contribution in [0.25, 0.3) is 0 Å². The second-order valence-electron chi connectivity index (χ2n) is 4.96. The molecule has 1 aliphatic rings. The highest BCUT2D eigenvalue weighted by atomic mass is 32.2. The standard InChI is InChI=1S/C11H20N4O2S/c1-9-3-4-12-5-10(9)6-14-18(16,17)11-7-15(2)8-13-11/h7-10,12,14H,3-6H2,1-2H3. The molecule has 0 radical (unpaired) electrons. The molecular weight excluding hydrogens is 252 g/mol. The van der Waals surface area contributed by atoms with Crippen molar-refractivity contribution in [2.24, 2.45) is 18.9 Å². The van der Waals surface area contributed by atoms with E-state index in [1.165, 1.54) is 12.5 Å². The zero-order valence-electron chi connectivity index (χ0n) is 10.8. The summed E-state index contributed by atoms with van der Waals surface area (Å²) >= 11 is 0. The Labute approximate surface area is 108 Å². The van der Waals surface area contributed by atoms with Gasteiger partial charge in [-0.25, -0.2) is 18.1 Å². The van der Waals surface area contributed by atoms with Crippen molar-refractivity contribution < 1.29 is 8.42 Å². The third-order valence-electron chi connectivity index (χ3n) is 3.48. The molecule has 1 fully saturated rings. The van der Waals surface area contributed by atoms with Gasteiger partial charge in [-0.1, -0.05) is 6.92 Å². The van der Waals surface area contributed by atoms with Crippen molar-refractivity contribution in [3.63, 3.8) is 0 Å². The molecule has 2 N–H and O–H groups in total. The molecule has 2 atom stereocenters. The number of aryl methyl sites for hydroxylation is 1. The third kappa shape index (κ3) is 3.09. The molecule has 0 aromatic carbocycles. The van der Waals surface area contributed by atoms with E-state index in [2.05, 4.69) is 21.9 Å². The number of hydrogen-bond acceptors (Lipinski definition) is 4. The van der Waals surface area contributed by atoms with Crippen LogP contribution < -0.4 is 10.0 Å². The van der Waals surface area contributed by atoms with Crippen LogP contribution in [0.3, 0.4) is 0 Å². The number of hydrogen-bond donors (Lipinski definition) is 2. The summed E-state index contributed by atoms with van der Waals surface area (Å²) in [6, 6.07) is 0. The maximum atomic E-state index is 12.0. The predicted octanol–water partition coefficient (Wildman–Crippen LogP) is -0.0560. The first-order valence-electron chi connectivity index (χ1n) is 6.17. The minimum atomic E-state index is -3.47. The van der Waals surface area contributed by atoms with Gasteiger partial charge >= 0.3 is 0 Å². The Morgan fingerprint density at radius 2 is 2.39 bits per heavy atom. The molecule has 6 nitrogen and oxygen atoms in total. The SMILES string of the molecule is CC1CCNCC1CNS(=O)(=O)c1cn(C)cn1. The molecule has 1 aliphatic heterocycles. The fraction of sp³-hybridized carbons (Fsp3) is 0.727. The maximum Gasteiger partial charge on any atom is 0.259 e. The molecule has 18 heavy (non-hydrogen) atoms. The van der Waals surface area contributed by atoms with Gasteiger partial charge in [-0.15, -0.1) is 0 Å². The van der Waals surface area contributed by atoms with Gasteiger partial charge in [0.05, 0.1) is 6.33 Å². The summed E-state index contributed by atoms with van der Waals surface area (Å²) in [6.07, 6.45) is 4.08. The molecule has 0 amide bonds. The number of aromatic nitrogens is 2. The number of sulfonamides is 1. The molecule has 7 heteroatoms. The van der Waals surface area contributed by atoms with E-state index >= 15 is 0 Å². The van der Waals surface area contributed by atoms with Crippen molar-refractivity contribution in [1.29, 1.82) is 0 Å². The molecule has 2 rings (SSSR count). The number of nitrogens with zero attached hydrogens (tertiary/aromatic N) is 2. The fourth-order valence-corrected chi connectivity index (χ4v) is 3.22. The van der Waals surface area contributed by atoms with Crippen LogP contribution in [0.5, 0.6) is 0 Å². The summed E-state index contributed by atoms with van der Waals surface area (Å²) in [5.74, 6) is 0.884. The van der Waals surface area contributed by atoms with Gasteiger partial charge < -0.3 is 9.88 Å². The Balaban J connectivity index is 1.96. The van der Waals surface area contributed by atoms with Crippen molar-refractivity contribution in [2.75, 3.05) is 19.6 Å². The first kappa shape index (κ1) is 13.5. The molecule has 0 spiro atoms. The van der Waals surface area contributed by atoms with Gasteiger partial charge in [-0.3, -0.25) is 0 Å². The van der Waals surface area contributed by atoms with Crippen LogP contribution in [0.15, 0.2) is 17.6 Å². The van der Waals surface area contributed by atoms with Gasteiger partial charge in [0.2, 0.25) is 0 Å². The van der Waals surface area contributed by atoms with E-state index in [1.807, 2.05) is 0 Å². The van der Waals surface area contributed by atoms with Gasteiger partial charge in [0.1, 0.15) is 0 Å². The number of rotatable bonds is 4. The van der Waals surface area contributed by atoms with E-state index in [-0.39, 0.29) is 5.03 Å². The smallest absolute Gasteiger partial charge is 0.259 e. The highest BCUT2D eigenvalue weighted by Gasteiger charge is 2.24. The fourth-order valence-electron chi connectivity index (χ4n) is 2.15. The van der Waals surface area contributed by atoms with E-state index in [0.29, 0.717) is 18.4 Å². The first-order chi connectivity index (χ1) is 8.49. The highest BCUT2D eigenvalue weighted by Crippen LogP contribution is 2.18. The summed E-state index contributed by atoms with van der Waals surface area (Å²) in [7, 11) is -1.72. The second kappa shape index (κ2) is 5.38. The van der Waals surface area contributed by atoms with Gasteiger partial charge in [0.15, 0.2) is 5.03 Å². The lowest BCUT2D eigenvalue weighted by atomic mass is 9.88. The van der Waals surface area contributed by atoms with Gasteiger partial charge in [0, 0.05) is 19.8 Å². The first-order valence-corrected chi connectivity index (χ1v) is 7.65. The maximum absolute atomic E-state index is 12.0. The zero-order chi connectivity index (χ0) is 13.2. The Hall–Kier alpha value is -0.920. The van der Waals surface area contributed by atoms with Crippen LogP contribution >= 0.6 is 0 Å². The number of imidazole rings is 1. The van der Waals surface area contributed by atoms with Crippen molar-refractivity contribution >= 4 is 10.0 Å². The third-order valence-corrected chi connectivity index (χ3v) is 4.79. The summed E-state index contributed by atoms with van der Waals surface area (Å²) in [5, 5.41) is 3.38. The lowest BCUT2D eigenvalue weighted by molar-refractivity contribution is 0.275. The monoisotopic (exact) mass is 272 g/mol. The zero-order valence-corrected chi connectivity index (χ0v) is 11.6. The Kier molecular flexibility index (Phi) is 4.04. The van der Waals surface area contributed by atoms with Crippen molar-refractivity contribution in [3.05, 3.63) is 12.5 Å². The van der Waals surface area contributed by atoms with Crippen molar-refractivity contribution in [1.82, 2.24) is 19.6 Å². The molecule has 0 saturated carbocycles. The largest absolute Gasteiger partial charge is 0.339 e. The van der Waals surface area contributed by atoms with Gasteiger partial charge in [-0.2, -0.15) is 0 Å². The van der Waals surface area contributed by atoms with E-state index in [4.69, 9.17) is 0 Å². The van der Waals surface area contributed by atoms with Crippen LogP contribution in [0, 0.1) is 11.8 Å². The predicted molar refractivity (Wildman–Crippen MR) is 68.5 cm³/mol. The molecule has 102 valence electrons. The lowest BCUT2D eigenvalue weighted by Crippen LogP contribution is -2.42. The van der Waals surface area contributed by atoms with E-state index in [0.717, 1.165) is 19.5 Å². The molecule has 0 aliphatic carbocycles. The Bertz CT molecular complexity index is 497. The second-order valence-corrected chi connectivity index (χ2v) is 6.67. The van der Waals surface area contributed by atoms with Crippen LogP contribution in [-0.4, -0.2) is 37.6 Å². The van der Waals surface area contributed by atoms with Crippen LogP contribution in [0.2, 0.25) is 0 Å². The Morgan fingerprint density at radius 1 is 1.61 bits per heavy atom. The summed E-state index contributed by atoms with van der Waals surface area (Å²) in [4.78, 5) is 3.87. The molecule has 2 unspecified atom stereocenters. The van der Waals surface area contributed by atoms with Gasteiger partial charge in [-0.05, 0) is 31.3 Å². The average molecular weight is 272 g/mol. The minimum absolute atomic E-state index is 0.0846. The summed E-state index contributed by atoms with van der Waals surface area (Å²) in [5.41, 5.74) is 0. The molecule has 1 aromatic rings. The quantitative estimate of drug-likeness (QED) is 0.805.